The van der Waals surface area contributed by atoms with Gasteiger partial charge in [0.25, 0.3) is 0 Å². The first-order valence-corrected chi connectivity index (χ1v) is 3.75. The zero-order valence-electron chi connectivity index (χ0n) is 7.52. The van der Waals surface area contributed by atoms with Crippen molar-refractivity contribution in [2.24, 2.45) is 5.73 Å². The van der Waals surface area contributed by atoms with Crippen LogP contribution in [0.1, 0.15) is 6.42 Å². The van der Waals surface area contributed by atoms with Crippen molar-refractivity contribution >= 4 is 0 Å². The van der Waals surface area contributed by atoms with E-state index in [1.165, 1.54) is 0 Å². The molecule has 0 aromatic rings. The van der Waals surface area contributed by atoms with Gasteiger partial charge in [0.05, 0.1) is 27.2 Å². The van der Waals surface area contributed by atoms with Crippen LogP contribution >= 0.6 is 0 Å². The Labute approximate surface area is 80.4 Å². The van der Waals surface area contributed by atoms with Gasteiger partial charge in [0, 0.05) is 6.42 Å². The van der Waals surface area contributed by atoms with E-state index in [0.29, 0.717) is 0 Å². The molecule has 0 aliphatic carbocycles. The van der Waals surface area contributed by atoms with Gasteiger partial charge in [-0.1, -0.05) is 6.58 Å². The van der Waals surface area contributed by atoms with Crippen molar-refractivity contribution < 1.29 is 21.5 Å². The van der Waals surface area contributed by atoms with E-state index in [2.05, 4.69) is 20.7 Å². The van der Waals surface area contributed by atoms with Gasteiger partial charge in [-0.05, 0) is 12.6 Å². The second-order valence-electron chi connectivity index (χ2n) is 3.27. The van der Waals surface area contributed by atoms with Crippen LogP contribution in [0.15, 0.2) is 12.7 Å². The number of nitrogens with two attached hydrogens (primary N) is 1. The number of hydrogen-bond acceptors (Lipinski definition) is 1. The molecule has 0 saturated carbocycles. The summed E-state index contributed by atoms with van der Waals surface area (Å²) in [5.41, 5.74) is 5.40. The van der Waals surface area contributed by atoms with Crippen molar-refractivity contribution in [2.75, 3.05) is 33.7 Å². The molecule has 0 aliphatic rings. The molecule has 0 bridgehead atoms. The van der Waals surface area contributed by atoms with Gasteiger partial charge in [-0.3, -0.25) is 0 Å². The van der Waals surface area contributed by atoms with Crippen molar-refractivity contribution in [3.8, 4) is 0 Å². The maximum atomic E-state index is 5.40. The number of quaternary nitrogens is 1. The number of hydrogen-bond donors (Lipinski definition) is 1. The molecule has 0 radical (unpaired) electrons. The van der Waals surface area contributed by atoms with E-state index in [9.17, 15) is 0 Å². The lowest BCUT2D eigenvalue weighted by Crippen LogP contribution is -3.00. The first kappa shape index (κ1) is 13.7. The zero-order chi connectivity index (χ0) is 8.04. The molecule has 0 unspecified atom stereocenters. The van der Waals surface area contributed by atoms with Gasteiger partial charge < -0.3 is 27.2 Å². The molecule has 0 amide bonds. The minimum atomic E-state index is 0. The van der Waals surface area contributed by atoms with Gasteiger partial charge in [-0.25, -0.2) is 0 Å². The molecular formula is C8H19BrN2. The first-order valence-electron chi connectivity index (χ1n) is 3.75. The van der Waals surface area contributed by atoms with E-state index < -0.39 is 0 Å². The summed E-state index contributed by atoms with van der Waals surface area (Å²) in [5, 5.41) is 0. The summed E-state index contributed by atoms with van der Waals surface area (Å²) < 4.78 is 1.00. The highest BCUT2D eigenvalue weighted by atomic mass is 79.9. The van der Waals surface area contributed by atoms with Crippen molar-refractivity contribution in [3.63, 3.8) is 0 Å². The van der Waals surface area contributed by atoms with Crippen LogP contribution in [0.5, 0.6) is 0 Å². The van der Waals surface area contributed by atoms with Crippen LogP contribution in [-0.4, -0.2) is 38.2 Å². The lowest BCUT2D eigenvalue weighted by Gasteiger charge is -2.27. The number of halogens is 1. The van der Waals surface area contributed by atoms with Gasteiger partial charge in [-0.2, -0.15) is 0 Å². The standard InChI is InChI=1S/C8H19N2.BrH/c1-4-7-10(2,3)8-5-6-9;/h4H,1,5-9H2,2-3H3;1H/q+1;/p-1. The number of rotatable bonds is 5. The molecule has 0 aliphatic heterocycles. The molecule has 11 heavy (non-hydrogen) atoms. The van der Waals surface area contributed by atoms with E-state index in [1.807, 2.05) is 6.08 Å². The third-order valence-electron chi connectivity index (χ3n) is 1.59. The number of likely N-dealkylation sites (N-methyl/N-ethyl adjacent to an activating group) is 1. The highest BCUT2D eigenvalue weighted by Crippen LogP contribution is 1.97. The normalized spacial score (nSPS) is 10.5. The van der Waals surface area contributed by atoms with Crippen LogP contribution in [0.2, 0.25) is 0 Å². The Balaban J connectivity index is 0. The molecule has 0 fully saturated rings. The van der Waals surface area contributed by atoms with Crippen LogP contribution < -0.4 is 22.7 Å². The van der Waals surface area contributed by atoms with Gasteiger partial charge in [-0.15, -0.1) is 0 Å². The van der Waals surface area contributed by atoms with E-state index in [1.54, 1.807) is 0 Å². The monoisotopic (exact) mass is 222 g/mol. The van der Waals surface area contributed by atoms with Gasteiger partial charge in [0.2, 0.25) is 0 Å². The maximum Gasteiger partial charge on any atom is 0.0966 e. The molecule has 0 aromatic carbocycles. The average Bonchev–Trinajstić information content (AvgIpc) is 1.84. The second-order valence-corrected chi connectivity index (χ2v) is 3.27. The Hall–Kier alpha value is 0.140. The van der Waals surface area contributed by atoms with Gasteiger partial charge >= 0.3 is 0 Å². The third-order valence-corrected chi connectivity index (χ3v) is 1.59. The molecule has 0 aromatic heterocycles. The van der Waals surface area contributed by atoms with Crippen LogP contribution in [0.4, 0.5) is 0 Å². The number of nitrogens with zero attached hydrogens (tertiary/aromatic N) is 1. The molecule has 0 spiro atoms. The lowest BCUT2D eigenvalue weighted by molar-refractivity contribution is -0.884. The summed E-state index contributed by atoms with van der Waals surface area (Å²) in [4.78, 5) is 0. The highest BCUT2D eigenvalue weighted by Gasteiger charge is 2.10. The quantitative estimate of drug-likeness (QED) is 0.408. The minimum Gasteiger partial charge on any atom is -1.00 e. The van der Waals surface area contributed by atoms with Crippen LogP contribution in [0.25, 0.3) is 0 Å². The molecular weight excluding hydrogens is 204 g/mol. The van der Waals surface area contributed by atoms with Crippen molar-refractivity contribution in [1.82, 2.24) is 0 Å². The van der Waals surface area contributed by atoms with Crippen LogP contribution in [0, 0.1) is 0 Å². The summed E-state index contributed by atoms with van der Waals surface area (Å²) in [6, 6.07) is 0. The molecule has 0 heterocycles. The lowest BCUT2D eigenvalue weighted by atomic mass is 10.3. The predicted octanol–water partition coefficient (Wildman–Crippen LogP) is -2.40. The van der Waals surface area contributed by atoms with Gasteiger partial charge in [0.15, 0.2) is 0 Å². The van der Waals surface area contributed by atoms with E-state index in [4.69, 9.17) is 5.73 Å². The minimum absolute atomic E-state index is 0. The highest BCUT2D eigenvalue weighted by molar-refractivity contribution is 4.64. The molecule has 3 heteroatoms. The Morgan fingerprint density at radius 2 is 2.00 bits per heavy atom. The van der Waals surface area contributed by atoms with Crippen molar-refractivity contribution in [3.05, 3.63) is 12.7 Å². The van der Waals surface area contributed by atoms with Gasteiger partial charge in [0.1, 0.15) is 0 Å². The molecule has 0 atom stereocenters. The second kappa shape index (κ2) is 6.83. The van der Waals surface area contributed by atoms with Crippen LogP contribution in [0.3, 0.4) is 0 Å². The third kappa shape index (κ3) is 8.04. The fourth-order valence-corrected chi connectivity index (χ4v) is 0.960. The summed E-state index contributed by atoms with van der Waals surface area (Å²) in [6.07, 6.45) is 3.05. The van der Waals surface area contributed by atoms with E-state index >= 15 is 0 Å². The van der Waals surface area contributed by atoms with Crippen LogP contribution in [-0.2, 0) is 0 Å². The molecule has 68 valence electrons. The SMILES string of the molecule is C=CC[N+](C)(C)CCCN.[Br-]. The Morgan fingerprint density at radius 1 is 1.45 bits per heavy atom. The molecule has 0 rings (SSSR count). The topological polar surface area (TPSA) is 26.0 Å². The molecule has 2 N–H and O–H groups in total. The van der Waals surface area contributed by atoms with E-state index in [-0.39, 0.29) is 17.0 Å². The molecule has 2 nitrogen and oxygen atoms in total. The Bertz CT molecular complexity index is 102. The predicted molar refractivity (Wildman–Crippen MR) is 45.7 cm³/mol. The smallest absolute Gasteiger partial charge is 0.0966 e. The summed E-state index contributed by atoms with van der Waals surface area (Å²) >= 11 is 0. The summed E-state index contributed by atoms with van der Waals surface area (Å²) in [7, 11) is 4.38. The largest absolute Gasteiger partial charge is 1.00 e. The Morgan fingerprint density at radius 3 is 2.36 bits per heavy atom. The van der Waals surface area contributed by atoms with Crippen molar-refractivity contribution in [1.29, 1.82) is 0 Å². The average molecular weight is 223 g/mol. The van der Waals surface area contributed by atoms with E-state index in [0.717, 1.165) is 30.5 Å². The fourth-order valence-electron chi connectivity index (χ4n) is 0.960. The first-order chi connectivity index (χ1) is 4.62. The molecule has 0 saturated heterocycles. The van der Waals surface area contributed by atoms with Crippen molar-refractivity contribution in [2.45, 2.75) is 6.42 Å². The Kier molecular flexibility index (Phi) is 8.51. The fraction of sp³-hybridized carbons (Fsp3) is 0.750. The summed E-state index contributed by atoms with van der Waals surface area (Å²) in [5.74, 6) is 0. The maximum absolute atomic E-state index is 5.40. The summed E-state index contributed by atoms with van der Waals surface area (Å²) in [6.45, 7) is 6.67. The zero-order valence-corrected chi connectivity index (χ0v) is 9.10.